The molecule has 0 aliphatic carbocycles. The van der Waals surface area contributed by atoms with Crippen molar-refractivity contribution in [3.8, 4) is 6.07 Å². The molecule has 0 spiro atoms. The highest BCUT2D eigenvalue weighted by molar-refractivity contribution is 7.98. The fourth-order valence-electron chi connectivity index (χ4n) is 3.04. The number of rotatable bonds is 6. The molecule has 7 heteroatoms. The quantitative estimate of drug-likeness (QED) is 0.447. The van der Waals surface area contributed by atoms with E-state index in [-0.39, 0.29) is 0 Å². The first-order chi connectivity index (χ1) is 13.3. The Morgan fingerprint density at radius 3 is 2.93 bits per heavy atom. The first kappa shape index (κ1) is 18.0. The van der Waals surface area contributed by atoms with Crippen molar-refractivity contribution in [2.75, 3.05) is 12.9 Å². The van der Waals surface area contributed by atoms with E-state index in [4.69, 9.17) is 9.47 Å². The summed E-state index contributed by atoms with van der Waals surface area (Å²) in [7, 11) is 0. The Kier molecular flexibility index (Phi) is 5.12. The van der Waals surface area contributed by atoms with Crippen LogP contribution in [0.5, 0.6) is 0 Å². The summed E-state index contributed by atoms with van der Waals surface area (Å²) in [4.78, 5) is 9.54. The molecule has 1 aromatic carbocycles. The maximum Gasteiger partial charge on any atom is 0.233 e. The summed E-state index contributed by atoms with van der Waals surface area (Å²) in [5, 5.41) is 13.8. The predicted octanol–water partition coefficient (Wildman–Crippen LogP) is 4.65. The molecule has 0 fully saturated rings. The monoisotopic (exact) mass is 395 g/mol. The number of hydrogen-bond acceptors (Lipinski definition) is 7. The second-order valence-corrected chi connectivity index (χ2v) is 7.78. The third kappa shape index (κ3) is 3.44. The van der Waals surface area contributed by atoms with Crippen molar-refractivity contribution in [2.45, 2.75) is 23.7 Å². The van der Waals surface area contributed by atoms with Gasteiger partial charge in [-0.25, -0.2) is 9.97 Å². The van der Waals surface area contributed by atoms with E-state index < -0.39 is 5.60 Å². The third-order valence-electron chi connectivity index (χ3n) is 4.38. The lowest BCUT2D eigenvalue weighted by molar-refractivity contribution is 0.0356. The average molecular weight is 396 g/mol. The van der Waals surface area contributed by atoms with Crippen molar-refractivity contribution < 1.29 is 9.47 Å². The van der Waals surface area contributed by atoms with Crippen LogP contribution < -0.4 is 0 Å². The van der Waals surface area contributed by atoms with Gasteiger partial charge >= 0.3 is 0 Å². The molecule has 0 amide bonds. The zero-order valence-corrected chi connectivity index (χ0v) is 16.3. The van der Waals surface area contributed by atoms with Crippen LogP contribution in [0.15, 0.2) is 58.9 Å². The van der Waals surface area contributed by atoms with Gasteiger partial charge in [-0.1, -0.05) is 30.3 Å². The average Bonchev–Trinajstić information content (AvgIpc) is 3.33. The Labute approximate surface area is 165 Å². The first-order valence-corrected chi connectivity index (χ1v) is 10.5. The Hall–Kier alpha value is -2.40. The second-order valence-electron chi connectivity index (χ2n) is 6.10. The van der Waals surface area contributed by atoms with Crippen LogP contribution in [0, 0.1) is 11.3 Å². The predicted molar refractivity (Wildman–Crippen MR) is 106 cm³/mol. The zero-order chi connectivity index (χ0) is 18.7. The lowest BCUT2D eigenvalue weighted by Crippen LogP contribution is -2.23. The second kappa shape index (κ2) is 7.69. The number of ether oxygens (including phenoxy) is 2. The number of benzene rings is 1. The number of fused-ring (bicyclic) bond motifs is 1. The zero-order valence-electron chi connectivity index (χ0n) is 14.7. The molecule has 1 atom stereocenters. The molecule has 4 rings (SSSR count). The van der Waals surface area contributed by atoms with E-state index >= 15 is 0 Å². The highest BCUT2D eigenvalue weighted by atomic mass is 32.2. The molecular formula is C20H17N3O2S2. The molecule has 1 aliphatic rings. The molecule has 2 aromatic heterocycles. The minimum atomic E-state index is -1.04. The van der Waals surface area contributed by atoms with Crippen LogP contribution in [0.2, 0.25) is 0 Å². The van der Waals surface area contributed by atoms with Crippen LogP contribution in [0.1, 0.15) is 16.9 Å². The van der Waals surface area contributed by atoms with Crippen LogP contribution >= 0.6 is 23.1 Å². The number of nitriles is 1. The Bertz CT molecular complexity index is 1030. The summed E-state index contributed by atoms with van der Waals surface area (Å²) in [6, 6.07) is 12.3. The Morgan fingerprint density at radius 1 is 1.30 bits per heavy atom. The highest BCUT2D eigenvalue weighted by Gasteiger charge is 2.42. The largest absolute Gasteiger partial charge is 0.469 e. The SMILES string of the molecule is CSc1ncnc2c([C@@]3(C#N)CC=C(COCc4ccccc4)O3)scc12. The van der Waals surface area contributed by atoms with Gasteiger partial charge < -0.3 is 9.47 Å². The first-order valence-electron chi connectivity index (χ1n) is 8.43. The van der Waals surface area contributed by atoms with Gasteiger partial charge in [-0.2, -0.15) is 5.26 Å². The minimum absolute atomic E-state index is 0.340. The van der Waals surface area contributed by atoms with Crippen molar-refractivity contribution in [2.24, 2.45) is 0 Å². The third-order valence-corrected chi connectivity index (χ3v) is 6.20. The van der Waals surface area contributed by atoms with Gasteiger partial charge in [0.2, 0.25) is 5.60 Å². The number of thioether (sulfide) groups is 1. The van der Waals surface area contributed by atoms with E-state index in [1.54, 1.807) is 18.1 Å². The lowest BCUT2D eigenvalue weighted by atomic mass is 10.00. The molecule has 0 radical (unpaired) electrons. The number of nitrogens with zero attached hydrogens (tertiary/aromatic N) is 3. The maximum absolute atomic E-state index is 9.90. The van der Waals surface area contributed by atoms with Gasteiger partial charge in [-0.3, -0.25) is 0 Å². The number of hydrogen-bond donors (Lipinski definition) is 0. The molecular weight excluding hydrogens is 378 g/mol. The van der Waals surface area contributed by atoms with Crippen molar-refractivity contribution in [3.05, 3.63) is 64.3 Å². The fourth-order valence-corrected chi connectivity index (χ4v) is 4.74. The standard InChI is InChI=1S/C20H17N3O2S2/c1-26-19-16-11-27-18(17(16)22-13-23-19)20(12-21)8-7-15(25-20)10-24-9-14-5-3-2-4-6-14/h2-7,11,13H,8-10H2,1H3/t20-/m0/s1. The number of thiophene rings is 1. The highest BCUT2D eigenvalue weighted by Crippen LogP contribution is 2.44. The van der Waals surface area contributed by atoms with Crippen molar-refractivity contribution in [1.29, 1.82) is 5.26 Å². The molecule has 136 valence electrons. The molecule has 5 nitrogen and oxygen atoms in total. The van der Waals surface area contributed by atoms with Crippen molar-refractivity contribution in [3.63, 3.8) is 0 Å². The molecule has 0 saturated heterocycles. The number of aromatic nitrogens is 2. The van der Waals surface area contributed by atoms with Crippen molar-refractivity contribution in [1.82, 2.24) is 9.97 Å². The van der Waals surface area contributed by atoms with E-state index in [9.17, 15) is 5.26 Å². The van der Waals surface area contributed by atoms with Crippen LogP contribution in [-0.4, -0.2) is 22.8 Å². The van der Waals surface area contributed by atoms with E-state index in [2.05, 4.69) is 16.0 Å². The van der Waals surface area contributed by atoms with E-state index in [1.807, 2.05) is 48.0 Å². The minimum Gasteiger partial charge on any atom is -0.469 e. The smallest absolute Gasteiger partial charge is 0.233 e. The lowest BCUT2D eigenvalue weighted by Gasteiger charge is -2.21. The molecule has 0 N–H and O–H groups in total. The van der Waals surface area contributed by atoms with Crippen LogP contribution in [0.4, 0.5) is 0 Å². The molecule has 27 heavy (non-hydrogen) atoms. The van der Waals surface area contributed by atoms with E-state index in [0.717, 1.165) is 26.4 Å². The molecule has 3 aromatic rings. The van der Waals surface area contributed by atoms with Gasteiger partial charge in [-0.15, -0.1) is 23.1 Å². The van der Waals surface area contributed by atoms with E-state index in [1.165, 1.54) is 11.3 Å². The van der Waals surface area contributed by atoms with Gasteiger partial charge in [0.05, 0.1) is 17.0 Å². The summed E-state index contributed by atoms with van der Waals surface area (Å²) in [5.41, 5.74) is 0.857. The summed E-state index contributed by atoms with van der Waals surface area (Å²) in [6.45, 7) is 0.847. The maximum atomic E-state index is 9.90. The molecule has 3 heterocycles. The molecule has 0 unspecified atom stereocenters. The fraction of sp³-hybridized carbons (Fsp3) is 0.250. The Balaban J connectivity index is 1.50. The van der Waals surface area contributed by atoms with Gasteiger partial charge in [0, 0.05) is 17.2 Å². The molecule has 0 bridgehead atoms. The van der Waals surface area contributed by atoms with E-state index in [0.29, 0.717) is 25.4 Å². The van der Waals surface area contributed by atoms with Crippen LogP contribution in [-0.2, 0) is 21.7 Å². The summed E-state index contributed by atoms with van der Waals surface area (Å²) in [6.07, 6.45) is 5.95. The van der Waals surface area contributed by atoms with Gasteiger partial charge in [0.25, 0.3) is 0 Å². The summed E-state index contributed by atoms with van der Waals surface area (Å²) >= 11 is 3.07. The molecule has 0 saturated carbocycles. The van der Waals surface area contributed by atoms with Gasteiger partial charge in [0.15, 0.2) is 0 Å². The van der Waals surface area contributed by atoms with Gasteiger partial charge in [0.1, 0.15) is 29.8 Å². The van der Waals surface area contributed by atoms with Crippen LogP contribution in [0.3, 0.4) is 0 Å². The summed E-state index contributed by atoms with van der Waals surface area (Å²) < 4.78 is 11.8. The van der Waals surface area contributed by atoms with Gasteiger partial charge in [-0.05, 0) is 17.9 Å². The topological polar surface area (TPSA) is 68.0 Å². The molecule has 1 aliphatic heterocycles. The summed E-state index contributed by atoms with van der Waals surface area (Å²) in [5.74, 6) is 0.688. The van der Waals surface area contributed by atoms with Crippen LogP contribution in [0.25, 0.3) is 10.9 Å². The Morgan fingerprint density at radius 2 is 2.15 bits per heavy atom. The normalized spacial score (nSPS) is 18.9. The van der Waals surface area contributed by atoms with Crippen molar-refractivity contribution >= 4 is 34.0 Å².